The van der Waals surface area contributed by atoms with E-state index in [-0.39, 0.29) is 11.9 Å². The minimum Gasteiger partial charge on any atom is -0.384 e. The molecule has 1 amide bonds. The minimum absolute atomic E-state index is 0.0264. The Morgan fingerprint density at radius 2 is 2.19 bits per heavy atom. The second-order valence-corrected chi connectivity index (χ2v) is 6.10. The molecular formula is C16H21N3OS. The highest BCUT2D eigenvalue weighted by Gasteiger charge is 2.20. The summed E-state index contributed by atoms with van der Waals surface area (Å²) in [7, 11) is 0. The number of anilines is 1. The lowest BCUT2D eigenvalue weighted by Gasteiger charge is -2.26. The normalized spacial score (nSPS) is 10.7. The summed E-state index contributed by atoms with van der Waals surface area (Å²) in [6.45, 7) is 7.55. The van der Waals surface area contributed by atoms with E-state index in [0.717, 1.165) is 12.2 Å². The maximum Gasteiger partial charge on any atom is 0.273 e. The van der Waals surface area contributed by atoms with Crippen LogP contribution in [0, 0.1) is 0 Å². The summed E-state index contributed by atoms with van der Waals surface area (Å²) in [5, 5.41) is 5.21. The zero-order chi connectivity index (χ0) is 15.2. The number of amides is 1. The zero-order valence-corrected chi connectivity index (χ0v) is 13.5. The van der Waals surface area contributed by atoms with E-state index in [9.17, 15) is 4.79 Å². The third-order valence-electron chi connectivity index (χ3n) is 3.15. The van der Waals surface area contributed by atoms with Gasteiger partial charge in [-0.05, 0) is 44.4 Å². The number of thiophene rings is 1. The number of nitrogens with zero attached hydrogens (tertiary/aromatic N) is 2. The van der Waals surface area contributed by atoms with Crippen molar-refractivity contribution < 1.29 is 4.79 Å². The van der Waals surface area contributed by atoms with Crippen molar-refractivity contribution in [2.75, 3.05) is 11.9 Å². The summed E-state index contributed by atoms with van der Waals surface area (Å²) in [6.07, 6.45) is 1.71. The van der Waals surface area contributed by atoms with Crippen LogP contribution in [0.3, 0.4) is 0 Å². The molecule has 4 nitrogen and oxygen atoms in total. The van der Waals surface area contributed by atoms with Crippen LogP contribution in [0.15, 0.2) is 35.8 Å². The van der Waals surface area contributed by atoms with Crippen molar-refractivity contribution in [1.29, 1.82) is 0 Å². The molecule has 0 aliphatic heterocycles. The van der Waals surface area contributed by atoms with E-state index >= 15 is 0 Å². The fourth-order valence-corrected chi connectivity index (χ4v) is 2.74. The average molecular weight is 303 g/mol. The van der Waals surface area contributed by atoms with Gasteiger partial charge in [0.05, 0.1) is 18.4 Å². The van der Waals surface area contributed by atoms with E-state index < -0.39 is 0 Å². The molecule has 21 heavy (non-hydrogen) atoms. The van der Waals surface area contributed by atoms with Crippen LogP contribution in [0.25, 0.3) is 0 Å². The summed E-state index contributed by atoms with van der Waals surface area (Å²) in [5.41, 5.74) is 1.42. The molecule has 0 saturated heterocycles. The van der Waals surface area contributed by atoms with Crippen molar-refractivity contribution in [2.24, 2.45) is 0 Å². The fourth-order valence-electron chi connectivity index (χ4n) is 2.04. The predicted molar refractivity (Wildman–Crippen MR) is 87.7 cm³/mol. The SMILES string of the molecule is CCNc1ccc(C(=O)N(Cc2cccs2)C(C)C)nc1. The van der Waals surface area contributed by atoms with E-state index in [4.69, 9.17) is 0 Å². The van der Waals surface area contributed by atoms with Gasteiger partial charge in [-0.25, -0.2) is 4.98 Å². The van der Waals surface area contributed by atoms with E-state index in [2.05, 4.69) is 16.4 Å². The van der Waals surface area contributed by atoms with E-state index in [1.807, 2.05) is 43.2 Å². The number of carbonyl (C=O) groups excluding carboxylic acids is 1. The first-order valence-corrected chi connectivity index (χ1v) is 8.03. The summed E-state index contributed by atoms with van der Waals surface area (Å²) in [4.78, 5) is 19.9. The second kappa shape index (κ2) is 7.22. The van der Waals surface area contributed by atoms with Crippen molar-refractivity contribution in [1.82, 2.24) is 9.88 Å². The smallest absolute Gasteiger partial charge is 0.273 e. The molecule has 0 bridgehead atoms. The molecule has 2 rings (SSSR count). The van der Waals surface area contributed by atoms with Crippen molar-refractivity contribution in [2.45, 2.75) is 33.4 Å². The number of hydrogen-bond donors (Lipinski definition) is 1. The van der Waals surface area contributed by atoms with Gasteiger partial charge in [-0.2, -0.15) is 0 Å². The highest BCUT2D eigenvalue weighted by molar-refractivity contribution is 7.09. The van der Waals surface area contributed by atoms with Gasteiger partial charge in [0.25, 0.3) is 5.91 Å². The summed E-state index contributed by atoms with van der Waals surface area (Å²) >= 11 is 1.67. The second-order valence-electron chi connectivity index (χ2n) is 5.07. The Balaban J connectivity index is 2.14. The Labute approximate surface area is 129 Å². The van der Waals surface area contributed by atoms with Gasteiger partial charge in [0, 0.05) is 17.5 Å². The van der Waals surface area contributed by atoms with Gasteiger partial charge in [0.15, 0.2) is 0 Å². The third-order valence-corrected chi connectivity index (χ3v) is 4.02. The Bertz CT molecular complexity index is 564. The van der Waals surface area contributed by atoms with E-state index in [1.54, 1.807) is 23.6 Å². The molecule has 0 aromatic carbocycles. The number of carbonyl (C=O) groups is 1. The average Bonchev–Trinajstić information content (AvgIpc) is 2.98. The number of aromatic nitrogens is 1. The predicted octanol–water partition coefficient (Wildman–Crippen LogP) is 3.63. The van der Waals surface area contributed by atoms with Gasteiger partial charge >= 0.3 is 0 Å². The molecule has 1 N–H and O–H groups in total. The quantitative estimate of drug-likeness (QED) is 0.886. The van der Waals surface area contributed by atoms with Crippen molar-refractivity contribution in [3.8, 4) is 0 Å². The van der Waals surface area contributed by atoms with Crippen LogP contribution < -0.4 is 5.32 Å². The maximum absolute atomic E-state index is 12.6. The highest BCUT2D eigenvalue weighted by atomic mass is 32.1. The number of rotatable bonds is 6. The lowest BCUT2D eigenvalue weighted by atomic mass is 10.2. The van der Waals surface area contributed by atoms with Gasteiger partial charge < -0.3 is 10.2 Å². The van der Waals surface area contributed by atoms with Crippen LogP contribution in [-0.4, -0.2) is 28.4 Å². The molecule has 0 aliphatic carbocycles. The van der Waals surface area contributed by atoms with Gasteiger partial charge in [-0.3, -0.25) is 4.79 Å². The number of nitrogens with one attached hydrogen (secondary N) is 1. The first kappa shape index (κ1) is 15.5. The maximum atomic E-state index is 12.6. The molecule has 2 aromatic heterocycles. The van der Waals surface area contributed by atoms with E-state index in [0.29, 0.717) is 12.2 Å². The van der Waals surface area contributed by atoms with Crippen molar-refractivity contribution >= 4 is 22.9 Å². The Kier molecular flexibility index (Phi) is 5.33. The monoisotopic (exact) mass is 303 g/mol. The minimum atomic E-state index is -0.0264. The summed E-state index contributed by atoms with van der Waals surface area (Å²) in [5.74, 6) is -0.0264. The standard InChI is InChI=1S/C16H21N3OS/c1-4-17-13-7-8-15(18-10-13)16(20)19(12(2)3)11-14-6-5-9-21-14/h5-10,12,17H,4,11H2,1-3H3. The molecule has 0 aliphatic rings. The fraction of sp³-hybridized carbons (Fsp3) is 0.375. The number of pyridine rings is 1. The van der Waals surface area contributed by atoms with Crippen LogP contribution in [0.2, 0.25) is 0 Å². The summed E-state index contributed by atoms with van der Waals surface area (Å²) < 4.78 is 0. The lowest BCUT2D eigenvalue weighted by Crippen LogP contribution is -2.36. The van der Waals surface area contributed by atoms with Gasteiger partial charge in [-0.1, -0.05) is 6.07 Å². The van der Waals surface area contributed by atoms with Crippen LogP contribution >= 0.6 is 11.3 Å². The van der Waals surface area contributed by atoms with Crippen molar-refractivity contribution in [3.63, 3.8) is 0 Å². The molecule has 0 unspecified atom stereocenters. The molecule has 0 spiro atoms. The molecular weight excluding hydrogens is 282 g/mol. The molecule has 0 fully saturated rings. The Morgan fingerprint density at radius 1 is 1.38 bits per heavy atom. The van der Waals surface area contributed by atoms with Crippen LogP contribution in [0.4, 0.5) is 5.69 Å². The number of hydrogen-bond acceptors (Lipinski definition) is 4. The molecule has 2 heterocycles. The van der Waals surface area contributed by atoms with Gasteiger partial charge in [0.1, 0.15) is 5.69 Å². The van der Waals surface area contributed by atoms with Crippen LogP contribution in [0.5, 0.6) is 0 Å². The first-order chi connectivity index (χ1) is 10.1. The summed E-state index contributed by atoms with van der Waals surface area (Å²) in [6, 6.07) is 7.87. The third kappa shape index (κ3) is 4.04. The lowest BCUT2D eigenvalue weighted by molar-refractivity contribution is 0.0686. The van der Waals surface area contributed by atoms with Crippen molar-refractivity contribution in [3.05, 3.63) is 46.4 Å². The Hall–Kier alpha value is -1.88. The molecule has 0 radical (unpaired) electrons. The zero-order valence-electron chi connectivity index (χ0n) is 12.7. The van der Waals surface area contributed by atoms with Gasteiger partial charge in [0.2, 0.25) is 0 Å². The van der Waals surface area contributed by atoms with Gasteiger partial charge in [-0.15, -0.1) is 11.3 Å². The molecule has 2 aromatic rings. The van der Waals surface area contributed by atoms with Crippen LogP contribution in [-0.2, 0) is 6.54 Å². The topological polar surface area (TPSA) is 45.2 Å². The first-order valence-electron chi connectivity index (χ1n) is 7.15. The molecule has 0 saturated carbocycles. The van der Waals surface area contributed by atoms with E-state index in [1.165, 1.54) is 4.88 Å². The molecule has 5 heteroatoms. The highest BCUT2D eigenvalue weighted by Crippen LogP contribution is 2.17. The molecule has 0 atom stereocenters. The Morgan fingerprint density at radius 3 is 2.71 bits per heavy atom. The largest absolute Gasteiger partial charge is 0.384 e. The van der Waals surface area contributed by atoms with Crippen LogP contribution in [0.1, 0.15) is 36.1 Å². The molecule has 112 valence electrons.